The number of unbranched alkanes of at least 4 members (excludes halogenated alkanes) is 1. The Labute approximate surface area is 185 Å². The number of hydrogen-bond acceptors (Lipinski definition) is 6. The SMILES string of the molecule is NCc1cccc(CN)c1.O=C(O)CCCCC(=O)O.O=C(O)c1cccc(C(=O)O)c1. The first-order chi connectivity index (χ1) is 15.1. The fourth-order valence-electron chi connectivity index (χ4n) is 2.22. The summed E-state index contributed by atoms with van der Waals surface area (Å²) in [4.78, 5) is 40.6. The molecule has 0 aliphatic carbocycles. The van der Waals surface area contributed by atoms with Gasteiger partial charge < -0.3 is 31.9 Å². The van der Waals surface area contributed by atoms with Gasteiger partial charge in [-0.3, -0.25) is 9.59 Å². The van der Waals surface area contributed by atoms with Crippen LogP contribution < -0.4 is 11.5 Å². The second-order valence-electron chi connectivity index (χ2n) is 6.41. The fraction of sp³-hybridized carbons (Fsp3) is 0.273. The van der Waals surface area contributed by atoms with Crippen molar-refractivity contribution in [2.45, 2.75) is 38.8 Å². The van der Waals surface area contributed by atoms with Crippen LogP contribution in [0.25, 0.3) is 0 Å². The van der Waals surface area contributed by atoms with Gasteiger partial charge >= 0.3 is 23.9 Å². The summed E-state index contributed by atoms with van der Waals surface area (Å²) in [7, 11) is 0. The fourth-order valence-corrected chi connectivity index (χ4v) is 2.22. The average molecular weight is 448 g/mol. The molecular weight excluding hydrogens is 420 g/mol. The van der Waals surface area contributed by atoms with Gasteiger partial charge in [0.1, 0.15) is 0 Å². The molecule has 0 aromatic heterocycles. The molecule has 0 unspecified atom stereocenters. The second kappa shape index (κ2) is 16.0. The van der Waals surface area contributed by atoms with E-state index in [0.717, 1.165) is 17.2 Å². The third-order valence-corrected chi connectivity index (χ3v) is 3.85. The molecule has 8 N–H and O–H groups in total. The molecule has 0 saturated carbocycles. The summed E-state index contributed by atoms with van der Waals surface area (Å²) in [6.07, 6.45) is 1.02. The van der Waals surface area contributed by atoms with E-state index in [1.54, 1.807) is 0 Å². The van der Waals surface area contributed by atoms with E-state index in [0.29, 0.717) is 25.9 Å². The number of aromatic carboxylic acids is 2. The smallest absolute Gasteiger partial charge is 0.335 e. The number of hydrogen-bond donors (Lipinski definition) is 6. The van der Waals surface area contributed by atoms with Crippen molar-refractivity contribution >= 4 is 23.9 Å². The van der Waals surface area contributed by atoms with Gasteiger partial charge in [-0.25, -0.2) is 9.59 Å². The third-order valence-electron chi connectivity index (χ3n) is 3.85. The molecule has 0 saturated heterocycles. The molecule has 2 aromatic carbocycles. The van der Waals surface area contributed by atoms with E-state index in [9.17, 15) is 19.2 Å². The molecule has 0 radical (unpaired) electrons. The molecule has 10 heteroatoms. The molecule has 0 heterocycles. The lowest BCUT2D eigenvalue weighted by atomic mass is 10.1. The van der Waals surface area contributed by atoms with Crippen LogP contribution in [0.15, 0.2) is 48.5 Å². The van der Waals surface area contributed by atoms with Crippen molar-refractivity contribution in [1.82, 2.24) is 0 Å². The highest BCUT2D eigenvalue weighted by atomic mass is 16.4. The van der Waals surface area contributed by atoms with Crippen molar-refractivity contribution in [3.05, 3.63) is 70.8 Å². The van der Waals surface area contributed by atoms with Crippen molar-refractivity contribution in [1.29, 1.82) is 0 Å². The molecule has 174 valence electrons. The summed E-state index contributed by atoms with van der Waals surface area (Å²) in [5, 5.41) is 33.3. The summed E-state index contributed by atoms with van der Waals surface area (Å²) in [5.41, 5.74) is 13.1. The Morgan fingerprint density at radius 1 is 0.625 bits per heavy atom. The molecule has 0 amide bonds. The van der Waals surface area contributed by atoms with Crippen molar-refractivity contribution in [2.24, 2.45) is 11.5 Å². The van der Waals surface area contributed by atoms with E-state index in [2.05, 4.69) is 0 Å². The molecule has 0 aliphatic heterocycles. The summed E-state index contributed by atoms with van der Waals surface area (Å²) in [6.45, 7) is 1.18. The monoisotopic (exact) mass is 448 g/mol. The highest BCUT2D eigenvalue weighted by Gasteiger charge is 2.06. The van der Waals surface area contributed by atoms with E-state index in [1.807, 2.05) is 24.3 Å². The number of carbonyl (C=O) groups is 4. The van der Waals surface area contributed by atoms with Crippen LogP contribution in [-0.2, 0) is 22.7 Å². The van der Waals surface area contributed by atoms with Crippen molar-refractivity contribution < 1.29 is 39.6 Å². The normalized spacial score (nSPS) is 9.44. The lowest BCUT2D eigenvalue weighted by molar-refractivity contribution is -0.139. The summed E-state index contributed by atoms with van der Waals surface area (Å²) >= 11 is 0. The van der Waals surface area contributed by atoms with E-state index >= 15 is 0 Å². The van der Waals surface area contributed by atoms with Crippen LogP contribution in [0.2, 0.25) is 0 Å². The van der Waals surface area contributed by atoms with Crippen LogP contribution >= 0.6 is 0 Å². The lowest BCUT2D eigenvalue weighted by Crippen LogP contribution is -2.01. The zero-order chi connectivity index (χ0) is 24.5. The number of benzene rings is 2. The molecule has 10 nitrogen and oxygen atoms in total. The number of aliphatic carboxylic acids is 2. The van der Waals surface area contributed by atoms with E-state index in [1.165, 1.54) is 18.2 Å². The minimum Gasteiger partial charge on any atom is -0.481 e. The zero-order valence-electron chi connectivity index (χ0n) is 17.4. The lowest BCUT2D eigenvalue weighted by Gasteiger charge is -1.98. The van der Waals surface area contributed by atoms with Gasteiger partial charge in [-0.2, -0.15) is 0 Å². The van der Waals surface area contributed by atoms with Crippen LogP contribution in [0.3, 0.4) is 0 Å². The summed E-state index contributed by atoms with van der Waals surface area (Å²) in [5.74, 6) is -3.99. The van der Waals surface area contributed by atoms with Crippen LogP contribution in [0.5, 0.6) is 0 Å². The van der Waals surface area contributed by atoms with Gasteiger partial charge in [0.05, 0.1) is 11.1 Å². The zero-order valence-corrected chi connectivity index (χ0v) is 17.4. The van der Waals surface area contributed by atoms with Crippen LogP contribution in [0, 0.1) is 0 Å². The number of nitrogens with two attached hydrogens (primary N) is 2. The number of rotatable bonds is 9. The predicted molar refractivity (Wildman–Crippen MR) is 116 cm³/mol. The van der Waals surface area contributed by atoms with Gasteiger partial charge in [0.15, 0.2) is 0 Å². The molecule has 2 aromatic rings. The molecule has 2 rings (SSSR count). The predicted octanol–water partition coefficient (Wildman–Crippen LogP) is 2.40. The van der Waals surface area contributed by atoms with Gasteiger partial charge in [0.25, 0.3) is 0 Å². The van der Waals surface area contributed by atoms with Crippen LogP contribution in [0.4, 0.5) is 0 Å². The highest BCUT2D eigenvalue weighted by Crippen LogP contribution is 2.05. The standard InChI is InChI=1S/C8H12N2.C8H6O4.C6H10O4/c9-5-7-2-1-3-8(4-7)6-10;9-7(10)5-2-1-3-6(4-5)8(11)12;7-5(8)3-1-2-4-6(9)10/h1-4H,5-6,9-10H2;1-4H,(H,9,10)(H,11,12);1-4H2,(H,7,8)(H,9,10). The van der Waals surface area contributed by atoms with Crippen molar-refractivity contribution in [3.63, 3.8) is 0 Å². The topological polar surface area (TPSA) is 201 Å². The maximum atomic E-state index is 10.4. The first kappa shape index (κ1) is 28.2. The Balaban J connectivity index is 0.000000454. The minimum absolute atomic E-state index is 0.0186. The average Bonchev–Trinajstić information content (AvgIpc) is 2.77. The Morgan fingerprint density at radius 3 is 1.31 bits per heavy atom. The van der Waals surface area contributed by atoms with Crippen LogP contribution in [-0.4, -0.2) is 44.3 Å². The molecule has 0 fully saturated rings. The van der Waals surface area contributed by atoms with E-state index in [-0.39, 0.29) is 24.0 Å². The number of carboxylic acid groups (broad SMARTS) is 4. The summed E-state index contributed by atoms with van der Waals surface area (Å²) < 4.78 is 0. The number of carboxylic acids is 4. The second-order valence-corrected chi connectivity index (χ2v) is 6.41. The molecule has 0 spiro atoms. The van der Waals surface area contributed by atoms with Crippen molar-refractivity contribution in [2.75, 3.05) is 0 Å². The molecule has 0 atom stereocenters. The first-order valence-corrected chi connectivity index (χ1v) is 9.58. The maximum Gasteiger partial charge on any atom is 0.335 e. The first-order valence-electron chi connectivity index (χ1n) is 9.58. The Hall–Kier alpha value is -3.76. The molecular formula is C22H28N2O8. The molecule has 0 bridgehead atoms. The van der Waals surface area contributed by atoms with Gasteiger partial charge in [-0.15, -0.1) is 0 Å². The molecule has 32 heavy (non-hydrogen) atoms. The largest absolute Gasteiger partial charge is 0.481 e. The van der Waals surface area contributed by atoms with Crippen molar-refractivity contribution in [3.8, 4) is 0 Å². The molecule has 0 aliphatic rings. The van der Waals surface area contributed by atoms with Crippen LogP contribution in [0.1, 0.15) is 57.5 Å². The quantitative estimate of drug-likeness (QED) is 0.309. The highest BCUT2D eigenvalue weighted by molar-refractivity contribution is 5.93. The van der Waals surface area contributed by atoms with Gasteiger partial charge in [0.2, 0.25) is 0 Å². The maximum absolute atomic E-state index is 10.4. The Kier molecular flexibility index (Phi) is 14.1. The Morgan fingerprint density at radius 2 is 1.00 bits per heavy atom. The minimum atomic E-state index is -1.13. The Bertz CT molecular complexity index is 835. The van der Waals surface area contributed by atoms with Gasteiger partial charge in [0, 0.05) is 25.9 Å². The van der Waals surface area contributed by atoms with E-state index in [4.69, 9.17) is 31.9 Å². The third kappa shape index (κ3) is 13.5. The van der Waals surface area contributed by atoms with E-state index < -0.39 is 23.9 Å². The summed E-state index contributed by atoms with van der Waals surface area (Å²) in [6, 6.07) is 13.2. The van der Waals surface area contributed by atoms with Gasteiger partial charge in [-0.05, 0) is 42.2 Å². The van der Waals surface area contributed by atoms with Gasteiger partial charge in [-0.1, -0.05) is 30.3 Å².